The average Bonchev–Trinajstić information content (AvgIpc) is 2.96. The summed E-state index contributed by atoms with van der Waals surface area (Å²) in [5, 5.41) is 7.96. The Kier molecular flexibility index (Phi) is 4.85. The van der Waals surface area contributed by atoms with Gasteiger partial charge in [-0.05, 0) is 6.42 Å². The van der Waals surface area contributed by atoms with Crippen LogP contribution in [0.2, 0.25) is 0 Å². The molecule has 0 radical (unpaired) electrons. The van der Waals surface area contributed by atoms with Crippen LogP contribution in [0.5, 0.6) is 6.01 Å². The van der Waals surface area contributed by atoms with Crippen molar-refractivity contribution in [3.63, 3.8) is 0 Å². The van der Waals surface area contributed by atoms with E-state index in [1.807, 2.05) is 12.3 Å². The van der Waals surface area contributed by atoms with Crippen LogP contribution < -0.4 is 15.4 Å². The Morgan fingerprint density at radius 3 is 2.79 bits per heavy atom. The molecule has 0 aliphatic carbocycles. The summed E-state index contributed by atoms with van der Waals surface area (Å²) in [6.45, 7) is 3.18. The lowest BCUT2D eigenvalue weighted by Crippen LogP contribution is -2.09. The summed E-state index contributed by atoms with van der Waals surface area (Å²) in [6, 6.07) is 0.321. The smallest absolute Gasteiger partial charge is 0.323 e. The van der Waals surface area contributed by atoms with E-state index in [-0.39, 0.29) is 0 Å². The number of rotatable bonds is 7. The summed E-state index contributed by atoms with van der Waals surface area (Å²) in [6.07, 6.45) is 0.905. The molecule has 0 amide bonds. The van der Waals surface area contributed by atoms with Crippen molar-refractivity contribution in [2.45, 2.75) is 19.9 Å². The van der Waals surface area contributed by atoms with E-state index in [4.69, 9.17) is 4.74 Å². The van der Waals surface area contributed by atoms with E-state index >= 15 is 0 Å². The first-order valence-electron chi connectivity index (χ1n) is 5.99. The summed E-state index contributed by atoms with van der Waals surface area (Å²) < 4.78 is 5.42. The summed E-state index contributed by atoms with van der Waals surface area (Å²) in [5.41, 5.74) is 2.74. The molecule has 7 nitrogen and oxygen atoms in total. The van der Waals surface area contributed by atoms with Gasteiger partial charge in [-0.2, -0.15) is 15.0 Å². The second kappa shape index (κ2) is 6.83. The van der Waals surface area contributed by atoms with Crippen molar-refractivity contribution in [1.29, 1.82) is 0 Å². The normalized spacial score (nSPS) is 10.2. The zero-order chi connectivity index (χ0) is 13.5. The minimum Gasteiger partial charge on any atom is -0.463 e. The quantitative estimate of drug-likeness (QED) is 0.799. The Balaban J connectivity index is 2.05. The van der Waals surface area contributed by atoms with Gasteiger partial charge in [0, 0.05) is 12.4 Å². The molecular weight excluding hydrogens is 264 g/mol. The first-order valence-corrected chi connectivity index (χ1v) is 6.93. The zero-order valence-corrected chi connectivity index (χ0v) is 11.7. The topological polar surface area (TPSA) is 84.9 Å². The van der Waals surface area contributed by atoms with Gasteiger partial charge in [0.25, 0.3) is 0 Å². The minimum atomic E-state index is 0.321. The fraction of sp³-hybridized carbons (Fsp3) is 0.455. The average molecular weight is 280 g/mol. The van der Waals surface area contributed by atoms with E-state index in [2.05, 4.69) is 30.6 Å². The van der Waals surface area contributed by atoms with Crippen molar-refractivity contribution < 1.29 is 4.74 Å². The van der Waals surface area contributed by atoms with E-state index in [1.54, 1.807) is 23.9 Å². The van der Waals surface area contributed by atoms with Crippen molar-refractivity contribution >= 4 is 23.2 Å². The molecule has 19 heavy (non-hydrogen) atoms. The maximum atomic E-state index is 5.42. The van der Waals surface area contributed by atoms with Gasteiger partial charge in [-0.15, -0.1) is 11.3 Å². The van der Waals surface area contributed by atoms with Crippen LogP contribution in [0.3, 0.4) is 0 Å². The maximum Gasteiger partial charge on any atom is 0.323 e. The van der Waals surface area contributed by atoms with E-state index in [1.165, 1.54) is 0 Å². The molecule has 0 aliphatic heterocycles. The largest absolute Gasteiger partial charge is 0.463 e. The van der Waals surface area contributed by atoms with Crippen molar-refractivity contribution in [1.82, 2.24) is 19.9 Å². The summed E-state index contributed by atoms with van der Waals surface area (Å²) in [4.78, 5) is 16.7. The van der Waals surface area contributed by atoms with Gasteiger partial charge in [0.05, 0.1) is 24.4 Å². The van der Waals surface area contributed by atoms with Crippen LogP contribution in [-0.2, 0) is 6.54 Å². The second-order valence-electron chi connectivity index (χ2n) is 3.70. The highest BCUT2D eigenvalue weighted by atomic mass is 32.1. The SMILES string of the molecule is CCCOc1nc(NC)nc(NCc2cscn2)n1. The molecule has 2 aromatic rings. The number of aromatic nitrogens is 4. The molecule has 0 aromatic carbocycles. The molecule has 2 heterocycles. The number of anilines is 2. The Morgan fingerprint density at radius 2 is 2.11 bits per heavy atom. The third kappa shape index (κ3) is 4.02. The molecule has 0 spiro atoms. The van der Waals surface area contributed by atoms with Crippen LogP contribution in [0.15, 0.2) is 10.9 Å². The molecule has 0 fully saturated rings. The van der Waals surface area contributed by atoms with E-state index in [9.17, 15) is 0 Å². The van der Waals surface area contributed by atoms with Crippen LogP contribution in [0.1, 0.15) is 19.0 Å². The standard InChI is InChI=1S/C11H16N6OS/c1-3-4-18-11-16-9(12-2)15-10(17-11)13-5-8-6-19-7-14-8/h6-7H,3-5H2,1-2H3,(H2,12,13,15,16,17). The monoisotopic (exact) mass is 280 g/mol. The van der Waals surface area contributed by atoms with E-state index in [0.29, 0.717) is 31.1 Å². The highest BCUT2D eigenvalue weighted by molar-refractivity contribution is 7.07. The number of thiazole rings is 1. The van der Waals surface area contributed by atoms with Crippen molar-refractivity contribution in [3.8, 4) is 6.01 Å². The Labute approximate surface area is 115 Å². The molecule has 2 rings (SSSR count). The van der Waals surface area contributed by atoms with Crippen molar-refractivity contribution in [2.24, 2.45) is 0 Å². The highest BCUT2D eigenvalue weighted by Gasteiger charge is 2.06. The number of nitrogens with one attached hydrogen (secondary N) is 2. The number of nitrogens with zero attached hydrogens (tertiary/aromatic N) is 4. The molecule has 0 saturated carbocycles. The van der Waals surface area contributed by atoms with Gasteiger partial charge in [-0.3, -0.25) is 0 Å². The molecule has 0 unspecified atom stereocenters. The molecular formula is C11H16N6OS. The van der Waals surface area contributed by atoms with Gasteiger partial charge in [0.1, 0.15) is 0 Å². The van der Waals surface area contributed by atoms with Gasteiger partial charge in [0.15, 0.2) is 0 Å². The number of hydrogen-bond acceptors (Lipinski definition) is 8. The lowest BCUT2D eigenvalue weighted by molar-refractivity contribution is 0.292. The molecule has 8 heteroatoms. The molecule has 0 saturated heterocycles. The molecule has 102 valence electrons. The fourth-order valence-electron chi connectivity index (χ4n) is 1.30. The van der Waals surface area contributed by atoms with Crippen molar-refractivity contribution in [2.75, 3.05) is 24.3 Å². The lowest BCUT2D eigenvalue weighted by atomic mass is 10.5. The van der Waals surface area contributed by atoms with E-state index in [0.717, 1.165) is 12.1 Å². The number of ether oxygens (including phenoxy) is 1. The minimum absolute atomic E-state index is 0.321. The highest BCUT2D eigenvalue weighted by Crippen LogP contribution is 2.12. The van der Waals surface area contributed by atoms with Gasteiger partial charge in [-0.25, -0.2) is 4.98 Å². The number of hydrogen-bond donors (Lipinski definition) is 2. The van der Waals surface area contributed by atoms with E-state index < -0.39 is 0 Å². The Hall–Kier alpha value is -1.96. The van der Waals surface area contributed by atoms with Crippen molar-refractivity contribution in [3.05, 3.63) is 16.6 Å². The molecule has 0 bridgehead atoms. The van der Waals surface area contributed by atoms with Gasteiger partial charge >= 0.3 is 6.01 Å². The Bertz CT molecular complexity index is 504. The van der Waals surface area contributed by atoms with Crippen LogP contribution >= 0.6 is 11.3 Å². The van der Waals surface area contributed by atoms with Crippen LogP contribution in [0.4, 0.5) is 11.9 Å². The summed E-state index contributed by atoms with van der Waals surface area (Å²) in [5.74, 6) is 0.945. The summed E-state index contributed by atoms with van der Waals surface area (Å²) in [7, 11) is 1.75. The first-order chi connectivity index (χ1) is 9.31. The third-order valence-corrected chi connectivity index (χ3v) is 2.82. The fourth-order valence-corrected chi connectivity index (χ4v) is 1.86. The third-order valence-electron chi connectivity index (χ3n) is 2.18. The van der Waals surface area contributed by atoms with Crippen LogP contribution in [0.25, 0.3) is 0 Å². The second-order valence-corrected chi connectivity index (χ2v) is 4.42. The van der Waals surface area contributed by atoms with Gasteiger partial charge in [-0.1, -0.05) is 6.92 Å². The lowest BCUT2D eigenvalue weighted by Gasteiger charge is -2.08. The van der Waals surface area contributed by atoms with Gasteiger partial charge < -0.3 is 15.4 Å². The maximum absolute atomic E-state index is 5.42. The molecule has 0 atom stereocenters. The zero-order valence-electron chi connectivity index (χ0n) is 10.9. The molecule has 2 aromatic heterocycles. The molecule has 0 aliphatic rings. The molecule has 2 N–H and O–H groups in total. The Morgan fingerprint density at radius 1 is 1.26 bits per heavy atom. The predicted octanol–water partition coefficient (Wildman–Crippen LogP) is 1.77. The summed E-state index contributed by atoms with van der Waals surface area (Å²) >= 11 is 1.56. The first kappa shape index (κ1) is 13.5. The van der Waals surface area contributed by atoms with Crippen LogP contribution in [0, 0.1) is 0 Å². The van der Waals surface area contributed by atoms with Crippen LogP contribution in [-0.4, -0.2) is 33.6 Å². The van der Waals surface area contributed by atoms with Gasteiger partial charge in [0.2, 0.25) is 11.9 Å². The predicted molar refractivity (Wildman–Crippen MR) is 74.6 cm³/mol.